The standard InChI is InChI=1S/C28H20N2O2S/c1-2-18-30-24-17-16-19-8-6-7-11-23(19)26(24)33-28(30)29-27(32)22-14-12-21(13-15-22)25(31)20-9-4-3-5-10-20/h2-17H,1,18H2. The second-order valence-electron chi connectivity index (χ2n) is 7.61. The fraction of sp³-hybridized carbons (Fsp3) is 0.0357. The van der Waals surface area contributed by atoms with Gasteiger partial charge < -0.3 is 4.57 Å². The lowest BCUT2D eigenvalue weighted by Gasteiger charge is -2.03. The van der Waals surface area contributed by atoms with Crippen LogP contribution < -0.4 is 4.80 Å². The number of benzene rings is 4. The van der Waals surface area contributed by atoms with Crippen molar-refractivity contribution in [1.29, 1.82) is 0 Å². The molecular formula is C28H20N2O2S. The molecule has 0 unspecified atom stereocenters. The van der Waals surface area contributed by atoms with E-state index in [1.165, 1.54) is 11.3 Å². The number of allylic oxidation sites excluding steroid dienone is 1. The first-order valence-electron chi connectivity index (χ1n) is 10.6. The molecule has 5 heteroatoms. The summed E-state index contributed by atoms with van der Waals surface area (Å²) < 4.78 is 3.09. The maximum Gasteiger partial charge on any atom is 0.279 e. The van der Waals surface area contributed by atoms with Gasteiger partial charge in [0.05, 0.1) is 10.2 Å². The zero-order valence-corrected chi connectivity index (χ0v) is 18.6. The maximum absolute atomic E-state index is 13.0. The van der Waals surface area contributed by atoms with Crippen LogP contribution in [0.5, 0.6) is 0 Å². The van der Waals surface area contributed by atoms with Crippen LogP contribution in [0.25, 0.3) is 21.0 Å². The van der Waals surface area contributed by atoms with Crippen LogP contribution in [-0.4, -0.2) is 16.3 Å². The first kappa shape index (κ1) is 20.8. The number of hydrogen-bond donors (Lipinski definition) is 0. The molecule has 0 bridgehead atoms. The van der Waals surface area contributed by atoms with E-state index in [2.05, 4.69) is 35.8 Å². The number of hydrogen-bond acceptors (Lipinski definition) is 3. The van der Waals surface area contributed by atoms with Crippen LogP contribution in [0.1, 0.15) is 26.3 Å². The Morgan fingerprint density at radius 1 is 0.818 bits per heavy atom. The Morgan fingerprint density at radius 3 is 2.24 bits per heavy atom. The van der Waals surface area contributed by atoms with Crippen LogP contribution in [0.15, 0.2) is 109 Å². The minimum absolute atomic E-state index is 0.0771. The van der Waals surface area contributed by atoms with E-state index in [-0.39, 0.29) is 11.7 Å². The molecule has 1 heterocycles. The van der Waals surface area contributed by atoms with Gasteiger partial charge in [0.2, 0.25) is 0 Å². The lowest BCUT2D eigenvalue weighted by atomic mass is 10.0. The van der Waals surface area contributed by atoms with Crippen molar-refractivity contribution < 1.29 is 9.59 Å². The lowest BCUT2D eigenvalue weighted by Crippen LogP contribution is -2.16. The summed E-state index contributed by atoms with van der Waals surface area (Å²) in [6, 6.07) is 28.1. The molecule has 0 N–H and O–H groups in total. The van der Waals surface area contributed by atoms with Crippen molar-refractivity contribution in [3.63, 3.8) is 0 Å². The molecule has 0 aliphatic carbocycles. The van der Waals surface area contributed by atoms with Gasteiger partial charge in [-0.3, -0.25) is 9.59 Å². The normalized spacial score (nSPS) is 11.7. The molecule has 33 heavy (non-hydrogen) atoms. The van der Waals surface area contributed by atoms with Crippen LogP contribution in [0, 0.1) is 0 Å². The van der Waals surface area contributed by atoms with Crippen molar-refractivity contribution >= 4 is 44.0 Å². The van der Waals surface area contributed by atoms with Gasteiger partial charge in [-0.15, -0.1) is 6.58 Å². The minimum atomic E-state index is -0.345. The molecular weight excluding hydrogens is 428 g/mol. The van der Waals surface area contributed by atoms with Crippen molar-refractivity contribution in [3.8, 4) is 0 Å². The van der Waals surface area contributed by atoms with E-state index in [1.54, 1.807) is 42.5 Å². The van der Waals surface area contributed by atoms with Crippen molar-refractivity contribution in [1.82, 2.24) is 4.57 Å². The molecule has 4 nitrogen and oxygen atoms in total. The second kappa shape index (κ2) is 8.81. The van der Waals surface area contributed by atoms with Crippen LogP contribution in [0.4, 0.5) is 0 Å². The fourth-order valence-corrected chi connectivity index (χ4v) is 5.03. The molecule has 0 saturated carbocycles. The molecule has 5 rings (SSSR count). The molecule has 1 aromatic heterocycles. The highest BCUT2D eigenvalue weighted by Gasteiger charge is 2.13. The van der Waals surface area contributed by atoms with E-state index in [4.69, 9.17) is 0 Å². The SMILES string of the molecule is C=CCn1c(=NC(=O)c2ccc(C(=O)c3ccccc3)cc2)sc2c3ccccc3ccc21. The number of fused-ring (bicyclic) bond motifs is 3. The third-order valence-electron chi connectivity index (χ3n) is 5.51. The number of amides is 1. The third-order valence-corrected chi connectivity index (χ3v) is 6.64. The molecule has 0 radical (unpaired) electrons. The number of carbonyl (C=O) groups excluding carboxylic acids is 2. The lowest BCUT2D eigenvalue weighted by molar-refractivity contribution is 0.0994. The van der Waals surface area contributed by atoms with Gasteiger partial charge in [-0.2, -0.15) is 4.99 Å². The number of carbonyl (C=O) groups is 2. The predicted octanol–water partition coefficient (Wildman–Crippen LogP) is 6.01. The van der Waals surface area contributed by atoms with Gasteiger partial charge in [-0.1, -0.05) is 90.2 Å². The highest BCUT2D eigenvalue weighted by atomic mass is 32.1. The van der Waals surface area contributed by atoms with Gasteiger partial charge in [-0.25, -0.2) is 0 Å². The summed E-state index contributed by atoms with van der Waals surface area (Å²) in [4.78, 5) is 30.7. The molecule has 5 aromatic rings. The van der Waals surface area contributed by atoms with Crippen LogP contribution in [0.2, 0.25) is 0 Å². The Morgan fingerprint density at radius 2 is 1.48 bits per heavy atom. The maximum atomic E-state index is 13.0. The fourth-order valence-electron chi connectivity index (χ4n) is 3.86. The summed E-state index contributed by atoms with van der Waals surface area (Å²) >= 11 is 1.50. The van der Waals surface area contributed by atoms with Gasteiger partial charge in [0.25, 0.3) is 5.91 Å². The number of aromatic nitrogens is 1. The summed E-state index contributed by atoms with van der Waals surface area (Å²) in [5, 5.41) is 2.28. The molecule has 0 aliphatic rings. The average molecular weight is 449 g/mol. The first-order valence-corrected chi connectivity index (χ1v) is 11.4. The van der Waals surface area contributed by atoms with E-state index < -0.39 is 0 Å². The molecule has 4 aromatic carbocycles. The van der Waals surface area contributed by atoms with Crippen molar-refractivity contribution in [2.75, 3.05) is 0 Å². The van der Waals surface area contributed by atoms with E-state index in [0.29, 0.717) is 28.0 Å². The van der Waals surface area contributed by atoms with Crippen LogP contribution in [0.3, 0.4) is 0 Å². The quantitative estimate of drug-likeness (QED) is 0.244. The third kappa shape index (κ3) is 3.95. The largest absolute Gasteiger partial charge is 0.312 e. The van der Waals surface area contributed by atoms with Gasteiger partial charge in [0.1, 0.15) is 0 Å². The minimum Gasteiger partial charge on any atom is -0.312 e. The summed E-state index contributed by atoms with van der Waals surface area (Å²) in [6.07, 6.45) is 1.80. The van der Waals surface area contributed by atoms with Crippen molar-refractivity contribution in [3.05, 3.63) is 125 Å². The van der Waals surface area contributed by atoms with Crippen LogP contribution >= 0.6 is 11.3 Å². The van der Waals surface area contributed by atoms with E-state index in [0.717, 1.165) is 21.0 Å². The van der Waals surface area contributed by atoms with Crippen molar-refractivity contribution in [2.45, 2.75) is 6.54 Å². The smallest absolute Gasteiger partial charge is 0.279 e. The van der Waals surface area contributed by atoms with E-state index >= 15 is 0 Å². The van der Waals surface area contributed by atoms with Crippen molar-refractivity contribution in [2.24, 2.45) is 4.99 Å². The number of nitrogens with zero attached hydrogens (tertiary/aromatic N) is 2. The second-order valence-corrected chi connectivity index (χ2v) is 8.59. The summed E-state index contributed by atoms with van der Waals surface area (Å²) in [7, 11) is 0. The first-order chi connectivity index (χ1) is 16.2. The summed E-state index contributed by atoms with van der Waals surface area (Å²) in [5.74, 6) is -0.422. The Bertz CT molecular complexity index is 1580. The highest BCUT2D eigenvalue weighted by Crippen LogP contribution is 2.27. The molecule has 0 fully saturated rings. The molecule has 0 aliphatic heterocycles. The summed E-state index contributed by atoms with van der Waals surface area (Å²) in [5.41, 5.74) is 2.61. The number of ketones is 1. The van der Waals surface area contributed by atoms with Gasteiger partial charge in [-0.05, 0) is 23.6 Å². The Hall–Kier alpha value is -4.09. The number of thiazole rings is 1. The van der Waals surface area contributed by atoms with Gasteiger partial charge in [0, 0.05) is 28.6 Å². The van der Waals surface area contributed by atoms with E-state index in [1.807, 2.05) is 34.9 Å². The Balaban J connectivity index is 1.53. The topological polar surface area (TPSA) is 51.4 Å². The molecule has 0 saturated heterocycles. The zero-order chi connectivity index (χ0) is 22.8. The molecule has 0 atom stereocenters. The monoisotopic (exact) mass is 448 g/mol. The van der Waals surface area contributed by atoms with Crippen LogP contribution in [-0.2, 0) is 6.54 Å². The van der Waals surface area contributed by atoms with Gasteiger partial charge >= 0.3 is 0 Å². The molecule has 0 spiro atoms. The zero-order valence-electron chi connectivity index (χ0n) is 17.8. The Labute approximate surface area is 194 Å². The summed E-state index contributed by atoms with van der Waals surface area (Å²) in [6.45, 7) is 4.41. The average Bonchev–Trinajstić information content (AvgIpc) is 3.21. The Kier molecular flexibility index (Phi) is 5.55. The highest BCUT2D eigenvalue weighted by molar-refractivity contribution is 7.17. The van der Waals surface area contributed by atoms with E-state index in [9.17, 15) is 9.59 Å². The predicted molar refractivity (Wildman–Crippen MR) is 134 cm³/mol. The molecule has 160 valence electrons. The van der Waals surface area contributed by atoms with Gasteiger partial charge in [0.15, 0.2) is 10.6 Å². The number of rotatable bonds is 5. The molecule has 1 amide bonds.